The van der Waals surface area contributed by atoms with Crippen molar-refractivity contribution in [2.45, 2.75) is 12.0 Å². The number of nitrogens with zero attached hydrogens (tertiary/aromatic N) is 3. The molecule has 1 aliphatic carbocycles. The maximum Gasteiger partial charge on any atom is 0.148 e. The Hall–Kier alpha value is -2.53. The van der Waals surface area contributed by atoms with Gasteiger partial charge in [0.1, 0.15) is 11.9 Å². The largest absolute Gasteiger partial charge is 0.340 e. The molecule has 3 aromatic rings. The van der Waals surface area contributed by atoms with Crippen LogP contribution in [0.4, 0.5) is 0 Å². The Morgan fingerprint density at radius 3 is 3.09 bits per heavy atom. The highest BCUT2D eigenvalue weighted by atomic mass is 32.1. The second-order valence-electron chi connectivity index (χ2n) is 5.41. The summed E-state index contributed by atoms with van der Waals surface area (Å²) < 4.78 is 0. The van der Waals surface area contributed by atoms with Crippen molar-refractivity contribution in [2.75, 3.05) is 0 Å². The van der Waals surface area contributed by atoms with Gasteiger partial charge in [0.05, 0.1) is 22.0 Å². The molecular weight excluding hydrogens is 292 g/mol. The Kier molecular flexibility index (Phi) is 2.46. The molecule has 2 aliphatic rings. The zero-order valence-corrected chi connectivity index (χ0v) is 12.4. The van der Waals surface area contributed by atoms with Crippen LogP contribution >= 0.6 is 11.3 Å². The highest BCUT2D eigenvalue weighted by Crippen LogP contribution is 2.47. The van der Waals surface area contributed by atoms with Gasteiger partial charge in [0.15, 0.2) is 0 Å². The van der Waals surface area contributed by atoms with Crippen molar-refractivity contribution in [3.63, 3.8) is 0 Å². The number of aliphatic imine (C=N–C) groups is 1. The van der Waals surface area contributed by atoms with Gasteiger partial charge >= 0.3 is 0 Å². The molecule has 0 bridgehead atoms. The molecule has 0 saturated heterocycles. The summed E-state index contributed by atoms with van der Waals surface area (Å²) in [5.74, 6) is 1.11. The van der Waals surface area contributed by atoms with E-state index < -0.39 is 0 Å². The summed E-state index contributed by atoms with van der Waals surface area (Å²) in [4.78, 5) is 18.7. The lowest BCUT2D eigenvalue weighted by Gasteiger charge is -2.28. The molecule has 106 valence electrons. The number of hydrogen-bond donors (Lipinski definition) is 1. The Balaban J connectivity index is 1.78. The predicted molar refractivity (Wildman–Crippen MR) is 88.2 cm³/mol. The fourth-order valence-electron chi connectivity index (χ4n) is 3.22. The summed E-state index contributed by atoms with van der Waals surface area (Å²) in [6, 6.07) is 8.23. The normalized spacial score (nSPS) is 21.3. The minimum Gasteiger partial charge on any atom is -0.340 e. The Labute approximate surface area is 131 Å². The number of fused-ring (bicyclic) bond motifs is 6. The van der Waals surface area contributed by atoms with Crippen LogP contribution in [0, 0.1) is 0 Å². The van der Waals surface area contributed by atoms with Crippen molar-refractivity contribution in [3.05, 3.63) is 59.4 Å². The van der Waals surface area contributed by atoms with Crippen LogP contribution < -0.4 is 0 Å². The highest BCUT2D eigenvalue weighted by Gasteiger charge is 2.36. The minimum atomic E-state index is 0.0466. The first-order valence-electron chi connectivity index (χ1n) is 7.21. The smallest absolute Gasteiger partial charge is 0.148 e. The molecular formula is C17H12N4S. The number of pyridine rings is 1. The topological polar surface area (TPSA) is 53.9 Å². The maximum absolute atomic E-state index is 4.85. The van der Waals surface area contributed by atoms with Gasteiger partial charge in [-0.2, -0.15) is 0 Å². The molecule has 22 heavy (non-hydrogen) atoms. The van der Waals surface area contributed by atoms with Crippen molar-refractivity contribution in [2.24, 2.45) is 4.99 Å². The zero-order chi connectivity index (χ0) is 14.5. The second-order valence-corrected chi connectivity index (χ2v) is 6.36. The van der Waals surface area contributed by atoms with Crippen molar-refractivity contribution in [1.29, 1.82) is 0 Å². The van der Waals surface area contributed by atoms with E-state index in [9.17, 15) is 0 Å². The highest BCUT2D eigenvalue weighted by molar-refractivity contribution is 7.13. The number of thiophene rings is 1. The average molecular weight is 304 g/mol. The Bertz CT molecular complexity index is 905. The van der Waals surface area contributed by atoms with E-state index in [1.807, 2.05) is 30.6 Å². The van der Waals surface area contributed by atoms with Crippen molar-refractivity contribution < 1.29 is 0 Å². The molecule has 2 unspecified atom stereocenters. The van der Waals surface area contributed by atoms with Gasteiger partial charge in [0.2, 0.25) is 0 Å². The van der Waals surface area contributed by atoms with Crippen LogP contribution in [-0.4, -0.2) is 21.2 Å². The monoisotopic (exact) mass is 304 g/mol. The fourth-order valence-corrected chi connectivity index (χ4v) is 3.89. The molecule has 1 N–H and O–H groups in total. The van der Waals surface area contributed by atoms with Crippen LogP contribution in [0.5, 0.6) is 0 Å². The SMILES string of the molecule is C1=CC2c3[nH]c(-c4cccs4)nc3-c3cccnc3C2N=C1. The number of hydrogen-bond acceptors (Lipinski definition) is 4. The van der Waals surface area contributed by atoms with Gasteiger partial charge < -0.3 is 4.98 Å². The van der Waals surface area contributed by atoms with Gasteiger partial charge in [-0.15, -0.1) is 11.3 Å². The van der Waals surface area contributed by atoms with Crippen molar-refractivity contribution >= 4 is 17.6 Å². The lowest BCUT2D eigenvalue weighted by molar-refractivity contribution is 0.608. The predicted octanol–water partition coefficient (Wildman–Crippen LogP) is 3.98. The summed E-state index contributed by atoms with van der Waals surface area (Å²) in [7, 11) is 0. The van der Waals surface area contributed by atoms with Gasteiger partial charge in [-0.25, -0.2) is 4.98 Å². The van der Waals surface area contributed by atoms with Crippen LogP contribution in [0.25, 0.3) is 22.0 Å². The minimum absolute atomic E-state index is 0.0466. The molecule has 5 heteroatoms. The van der Waals surface area contributed by atoms with Crippen LogP contribution in [0.2, 0.25) is 0 Å². The lowest BCUT2D eigenvalue weighted by atomic mass is 9.82. The summed E-state index contributed by atoms with van der Waals surface area (Å²) >= 11 is 1.69. The van der Waals surface area contributed by atoms with E-state index in [1.54, 1.807) is 11.3 Å². The molecule has 0 fully saturated rings. The van der Waals surface area contributed by atoms with Crippen molar-refractivity contribution in [1.82, 2.24) is 15.0 Å². The third-order valence-electron chi connectivity index (χ3n) is 4.18. The molecule has 5 rings (SSSR count). The molecule has 0 amide bonds. The molecule has 0 aromatic carbocycles. The summed E-state index contributed by atoms with van der Waals surface area (Å²) in [6.45, 7) is 0. The first-order chi connectivity index (χ1) is 10.9. The molecule has 1 aliphatic heterocycles. The number of aromatic nitrogens is 3. The Morgan fingerprint density at radius 2 is 2.18 bits per heavy atom. The van der Waals surface area contributed by atoms with Crippen LogP contribution in [0.15, 0.2) is 53.0 Å². The number of aromatic amines is 1. The number of nitrogens with one attached hydrogen (secondary N) is 1. The van der Waals surface area contributed by atoms with E-state index in [-0.39, 0.29) is 12.0 Å². The molecule has 3 aromatic heterocycles. The summed E-state index contributed by atoms with van der Waals surface area (Å²) in [5, 5.41) is 2.07. The molecule has 4 heterocycles. The van der Waals surface area contributed by atoms with Crippen LogP contribution in [0.3, 0.4) is 0 Å². The first kappa shape index (κ1) is 12.1. The number of allylic oxidation sites excluding steroid dienone is 1. The van der Waals surface area contributed by atoms with Gasteiger partial charge in [-0.1, -0.05) is 12.1 Å². The lowest BCUT2D eigenvalue weighted by Crippen LogP contribution is -2.18. The molecule has 0 saturated carbocycles. The van der Waals surface area contributed by atoms with Crippen LogP contribution in [-0.2, 0) is 0 Å². The molecule has 2 atom stereocenters. The van der Waals surface area contributed by atoms with Crippen LogP contribution in [0.1, 0.15) is 23.3 Å². The quantitative estimate of drug-likeness (QED) is 0.739. The van der Waals surface area contributed by atoms with E-state index in [0.717, 1.165) is 33.3 Å². The van der Waals surface area contributed by atoms with Crippen molar-refractivity contribution in [3.8, 4) is 22.0 Å². The van der Waals surface area contributed by atoms with E-state index in [2.05, 4.69) is 38.5 Å². The molecule has 0 radical (unpaired) electrons. The fraction of sp³-hybridized carbons (Fsp3) is 0.118. The van der Waals surface area contributed by atoms with E-state index in [0.29, 0.717) is 0 Å². The first-order valence-corrected chi connectivity index (χ1v) is 8.09. The summed E-state index contributed by atoms with van der Waals surface area (Å²) in [6.07, 6.45) is 7.89. The van der Waals surface area contributed by atoms with Gasteiger partial charge in [0, 0.05) is 23.9 Å². The number of dihydropyridines is 1. The van der Waals surface area contributed by atoms with Gasteiger partial charge in [-0.05, 0) is 29.7 Å². The number of rotatable bonds is 1. The molecule has 4 nitrogen and oxygen atoms in total. The maximum atomic E-state index is 4.85. The van der Waals surface area contributed by atoms with E-state index in [1.165, 1.54) is 0 Å². The third kappa shape index (κ3) is 1.60. The number of imidazole rings is 1. The second kappa shape index (κ2) is 4.48. The zero-order valence-electron chi connectivity index (χ0n) is 11.6. The average Bonchev–Trinajstić information content (AvgIpc) is 3.24. The number of H-pyrrole nitrogens is 1. The Morgan fingerprint density at radius 1 is 1.18 bits per heavy atom. The molecule has 0 spiro atoms. The summed E-state index contributed by atoms with van der Waals surface area (Å²) in [5.41, 5.74) is 4.26. The van der Waals surface area contributed by atoms with E-state index in [4.69, 9.17) is 4.98 Å². The standard InChI is InChI=1S/C17H12N4S/c1-4-10-13(18-7-1)14-11(5-2-8-19-14)16-15(10)20-17(21-16)12-6-3-9-22-12/h1-10,13H,(H,20,21). The van der Waals surface area contributed by atoms with Gasteiger partial charge in [-0.3, -0.25) is 9.98 Å². The third-order valence-corrected chi connectivity index (χ3v) is 5.06. The van der Waals surface area contributed by atoms with Gasteiger partial charge in [0.25, 0.3) is 0 Å². The van der Waals surface area contributed by atoms with E-state index >= 15 is 0 Å².